The van der Waals surface area contributed by atoms with Gasteiger partial charge in [-0.05, 0) is 103 Å². The molecule has 0 saturated carbocycles. The molecule has 61 heavy (non-hydrogen) atoms. The number of hydrogen-bond donors (Lipinski definition) is 1. The lowest BCUT2D eigenvalue weighted by molar-refractivity contribution is -0.161. The van der Waals surface area contributed by atoms with Crippen LogP contribution in [0, 0.1) is 5.92 Å². The van der Waals surface area contributed by atoms with E-state index in [0.717, 1.165) is 109 Å². The molecular formula is C50H89NO10. The Kier molecular flexibility index (Phi) is 42.8. The molecule has 354 valence electrons. The van der Waals surface area contributed by atoms with Crippen LogP contribution < -0.4 is 0 Å². The van der Waals surface area contributed by atoms with Crippen molar-refractivity contribution in [1.82, 2.24) is 4.90 Å². The normalized spacial score (nSPS) is 13.0. The Balaban J connectivity index is 4.95. The van der Waals surface area contributed by atoms with Gasteiger partial charge in [0.2, 0.25) is 0 Å². The van der Waals surface area contributed by atoms with Crippen LogP contribution in [-0.2, 0) is 38.0 Å². The average molecular weight is 864 g/mol. The van der Waals surface area contributed by atoms with Gasteiger partial charge in [0.15, 0.2) is 6.29 Å². The van der Waals surface area contributed by atoms with Gasteiger partial charge in [-0.15, -0.1) is 0 Å². The van der Waals surface area contributed by atoms with Crippen LogP contribution >= 0.6 is 0 Å². The van der Waals surface area contributed by atoms with Crippen LogP contribution in [0.1, 0.15) is 176 Å². The third-order valence-electron chi connectivity index (χ3n) is 10.0. The fraction of sp³-hybridized carbons (Fsp3) is 0.780. The number of aliphatic hydroxyl groups excluding tert-OH is 1. The molecule has 0 spiro atoms. The fourth-order valence-electron chi connectivity index (χ4n) is 6.19. The minimum absolute atomic E-state index is 0.0792. The molecule has 0 bridgehead atoms. The van der Waals surface area contributed by atoms with Gasteiger partial charge in [0, 0.05) is 32.6 Å². The highest BCUT2D eigenvalue weighted by Gasteiger charge is 2.20. The highest BCUT2D eigenvalue weighted by molar-refractivity contribution is 5.69. The molecule has 0 aromatic heterocycles. The molecule has 2 atom stereocenters. The molecule has 2 unspecified atom stereocenters. The summed E-state index contributed by atoms with van der Waals surface area (Å²) in [6, 6.07) is 0. The zero-order valence-electron chi connectivity index (χ0n) is 39.3. The van der Waals surface area contributed by atoms with Crippen molar-refractivity contribution in [3.8, 4) is 0 Å². The predicted octanol–water partition coefficient (Wildman–Crippen LogP) is 11.8. The number of aliphatic hydroxyl groups is 1. The highest BCUT2D eigenvalue weighted by atomic mass is 16.7. The summed E-state index contributed by atoms with van der Waals surface area (Å²) in [5.41, 5.74) is 0. The molecule has 0 aliphatic rings. The van der Waals surface area contributed by atoms with Crippen LogP contribution in [0.4, 0.5) is 4.79 Å². The lowest BCUT2D eigenvalue weighted by Gasteiger charge is -2.22. The maximum atomic E-state index is 12.9. The molecule has 0 aliphatic carbocycles. The van der Waals surface area contributed by atoms with Crippen LogP contribution in [-0.4, -0.2) is 99.8 Å². The van der Waals surface area contributed by atoms with Gasteiger partial charge >= 0.3 is 18.1 Å². The number of esters is 2. The summed E-state index contributed by atoms with van der Waals surface area (Å²) < 4.78 is 33.7. The second-order valence-electron chi connectivity index (χ2n) is 15.7. The molecule has 0 amide bonds. The molecule has 0 saturated heterocycles. The Morgan fingerprint density at radius 3 is 1.56 bits per heavy atom. The van der Waals surface area contributed by atoms with Crippen molar-refractivity contribution in [1.29, 1.82) is 0 Å². The first-order valence-corrected chi connectivity index (χ1v) is 24.1. The van der Waals surface area contributed by atoms with E-state index < -0.39 is 30.4 Å². The zero-order valence-corrected chi connectivity index (χ0v) is 39.3. The van der Waals surface area contributed by atoms with Crippen molar-refractivity contribution in [2.45, 2.75) is 188 Å². The molecule has 11 nitrogen and oxygen atoms in total. The van der Waals surface area contributed by atoms with Gasteiger partial charge < -0.3 is 38.4 Å². The van der Waals surface area contributed by atoms with Gasteiger partial charge in [-0.1, -0.05) is 115 Å². The summed E-state index contributed by atoms with van der Waals surface area (Å²) >= 11 is 0. The van der Waals surface area contributed by atoms with Crippen molar-refractivity contribution < 1.29 is 47.9 Å². The number of allylic oxidation sites excluding steroid dienone is 8. The first-order chi connectivity index (χ1) is 29.8. The standard InChI is InChI=1S/C50H89NO10/c1-6-11-14-17-20-21-22-23-24-25-26-27-28-29-32-35-47(53)58-41-45(43-60-50(55)61-44-46(52)40-51(9-4)10-5)42-59-48(54)36-37-49(56-38-33-30-18-15-12-7-2)57-39-34-31-19-16-13-8-3/h12-13,15-16,20-21,23-24,45-46,49,52H,6-11,14,17-19,22,25-44H2,1-5H3/b15-12-,16-13-,21-20-,24-23-. The van der Waals surface area contributed by atoms with Crippen molar-refractivity contribution in [2.24, 2.45) is 5.92 Å². The quantitative estimate of drug-likeness (QED) is 0.0207. The van der Waals surface area contributed by atoms with Gasteiger partial charge in [-0.3, -0.25) is 9.59 Å². The Labute approximate surface area is 372 Å². The Hall–Kier alpha value is -2.99. The summed E-state index contributed by atoms with van der Waals surface area (Å²) in [6.07, 6.45) is 36.1. The smallest absolute Gasteiger partial charge is 0.465 e. The van der Waals surface area contributed by atoms with Crippen LogP contribution in [0.25, 0.3) is 0 Å². The zero-order chi connectivity index (χ0) is 44.9. The largest absolute Gasteiger partial charge is 0.508 e. The molecule has 0 rings (SSSR count). The van der Waals surface area contributed by atoms with Crippen LogP contribution in [0.2, 0.25) is 0 Å². The fourth-order valence-corrected chi connectivity index (χ4v) is 6.19. The van der Waals surface area contributed by atoms with E-state index >= 15 is 0 Å². The molecular weight excluding hydrogens is 775 g/mol. The second kappa shape index (κ2) is 45.0. The molecule has 0 heterocycles. The van der Waals surface area contributed by atoms with Crippen LogP contribution in [0.15, 0.2) is 48.6 Å². The Morgan fingerprint density at radius 2 is 1.00 bits per heavy atom. The molecule has 0 fully saturated rings. The number of hydrogen-bond acceptors (Lipinski definition) is 11. The number of ether oxygens (including phenoxy) is 6. The first-order valence-electron chi connectivity index (χ1n) is 24.1. The average Bonchev–Trinajstić information content (AvgIpc) is 3.26. The van der Waals surface area contributed by atoms with Crippen molar-refractivity contribution in [3.05, 3.63) is 48.6 Å². The number of likely N-dealkylation sites (N-methyl/N-ethyl adjacent to an activating group) is 1. The Bertz CT molecular complexity index is 1110. The first kappa shape index (κ1) is 58.0. The van der Waals surface area contributed by atoms with E-state index in [1.807, 2.05) is 18.7 Å². The van der Waals surface area contributed by atoms with Crippen LogP contribution in [0.3, 0.4) is 0 Å². The molecule has 11 heteroatoms. The van der Waals surface area contributed by atoms with Crippen molar-refractivity contribution in [2.75, 3.05) is 59.3 Å². The lowest BCUT2D eigenvalue weighted by Crippen LogP contribution is -2.35. The third-order valence-corrected chi connectivity index (χ3v) is 10.0. The minimum Gasteiger partial charge on any atom is -0.465 e. The summed E-state index contributed by atoms with van der Waals surface area (Å²) in [4.78, 5) is 40.0. The topological polar surface area (TPSA) is 130 Å². The predicted molar refractivity (Wildman–Crippen MR) is 247 cm³/mol. The van der Waals surface area contributed by atoms with Crippen molar-refractivity contribution in [3.63, 3.8) is 0 Å². The van der Waals surface area contributed by atoms with E-state index in [0.29, 0.717) is 26.2 Å². The van der Waals surface area contributed by atoms with E-state index in [-0.39, 0.29) is 45.2 Å². The molecule has 0 aromatic rings. The second-order valence-corrected chi connectivity index (χ2v) is 15.7. The summed E-state index contributed by atoms with van der Waals surface area (Å²) in [5.74, 6) is -1.39. The number of unbranched alkanes of at least 4 members (excludes halogenated alkanes) is 12. The van der Waals surface area contributed by atoms with E-state index in [1.54, 1.807) is 0 Å². The number of carbonyl (C=O) groups is 3. The number of carbonyl (C=O) groups excluding carboxylic acids is 3. The van der Waals surface area contributed by atoms with Gasteiger partial charge in [0.1, 0.15) is 32.5 Å². The summed E-state index contributed by atoms with van der Waals surface area (Å²) in [5, 5.41) is 10.3. The summed E-state index contributed by atoms with van der Waals surface area (Å²) in [7, 11) is 0. The highest BCUT2D eigenvalue weighted by Crippen LogP contribution is 2.13. The monoisotopic (exact) mass is 864 g/mol. The van der Waals surface area contributed by atoms with Crippen molar-refractivity contribution >= 4 is 18.1 Å². The maximum Gasteiger partial charge on any atom is 0.508 e. The minimum atomic E-state index is -0.953. The van der Waals surface area contributed by atoms with E-state index in [4.69, 9.17) is 28.4 Å². The van der Waals surface area contributed by atoms with Gasteiger partial charge in [-0.2, -0.15) is 0 Å². The van der Waals surface area contributed by atoms with E-state index in [9.17, 15) is 19.5 Å². The van der Waals surface area contributed by atoms with E-state index in [2.05, 4.69) is 69.4 Å². The number of nitrogens with zero attached hydrogens (tertiary/aromatic N) is 1. The molecule has 0 aliphatic heterocycles. The SMILES string of the molecule is CC/C=C\CCCCOC(CCC(=O)OCC(COC(=O)CCCCCCC/C=C\C/C=C\CCCCC)COC(=O)OCC(O)CN(CC)CC)OCCCC/C=C\CC. The molecule has 0 aromatic carbocycles. The molecule has 1 N–H and O–H groups in total. The van der Waals surface area contributed by atoms with E-state index in [1.165, 1.54) is 25.7 Å². The van der Waals surface area contributed by atoms with Gasteiger partial charge in [0.05, 0.1) is 12.3 Å². The van der Waals surface area contributed by atoms with Gasteiger partial charge in [0.25, 0.3) is 0 Å². The van der Waals surface area contributed by atoms with Gasteiger partial charge in [-0.25, -0.2) is 4.79 Å². The van der Waals surface area contributed by atoms with Crippen LogP contribution in [0.5, 0.6) is 0 Å². The summed E-state index contributed by atoms with van der Waals surface area (Å²) in [6.45, 7) is 12.8. The Morgan fingerprint density at radius 1 is 0.525 bits per heavy atom. The number of rotatable bonds is 43. The maximum absolute atomic E-state index is 12.9. The third kappa shape index (κ3) is 40.8. The molecule has 0 radical (unpaired) electrons. The lowest BCUT2D eigenvalue weighted by atomic mass is 10.1.